The molecule has 0 saturated carbocycles. The summed E-state index contributed by atoms with van der Waals surface area (Å²) in [6.45, 7) is 1.94. The van der Waals surface area contributed by atoms with Gasteiger partial charge in [-0.3, -0.25) is 4.90 Å². The number of likely N-dealkylation sites (tertiary alicyclic amines) is 1. The number of hydrogen-bond acceptors (Lipinski definition) is 6. The summed E-state index contributed by atoms with van der Waals surface area (Å²) in [7, 11) is 1.59. The molecule has 3 aromatic rings. The van der Waals surface area contributed by atoms with Crippen LogP contribution in [-0.4, -0.2) is 33.7 Å². The van der Waals surface area contributed by atoms with E-state index in [0.717, 1.165) is 25.1 Å². The Hall–Kier alpha value is -2.73. The molecule has 1 aliphatic heterocycles. The van der Waals surface area contributed by atoms with Gasteiger partial charge in [0.05, 0.1) is 13.2 Å². The lowest BCUT2D eigenvalue weighted by atomic mass is 10.0. The van der Waals surface area contributed by atoms with Crippen molar-refractivity contribution in [3.63, 3.8) is 0 Å². The molecule has 0 spiro atoms. The molecule has 1 saturated heterocycles. The zero-order valence-electron chi connectivity index (χ0n) is 14.8. The van der Waals surface area contributed by atoms with E-state index in [1.807, 2.05) is 18.2 Å². The number of hydrogen-bond donors (Lipinski definition) is 0. The van der Waals surface area contributed by atoms with Gasteiger partial charge in [-0.2, -0.15) is 4.98 Å². The summed E-state index contributed by atoms with van der Waals surface area (Å²) < 4.78 is 10.8. The highest BCUT2D eigenvalue weighted by atomic mass is 16.5. The number of benzene rings is 1. The summed E-state index contributed by atoms with van der Waals surface area (Å²) in [6, 6.07) is 14.4. The van der Waals surface area contributed by atoms with E-state index >= 15 is 0 Å². The van der Waals surface area contributed by atoms with Gasteiger partial charge in [0, 0.05) is 24.4 Å². The third-order valence-corrected chi connectivity index (χ3v) is 4.77. The van der Waals surface area contributed by atoms with E-state index in [1.165, 1.54) is 18.4 Å². The third-order valence-electron chi connectivity index (χ3n) is 4.77. The zero-order chi connectivity index (χ0) is 17.8. The van der Waals surface area contributed by atoms with E-state index in [2.05, 4.69) is 44.3 Å². The van der Waals surface area contributed by atoms with Gasteiger partial charge in [-0.15, -0.1) is 0 Å². The first-order valence-electron chi connectivity index (χ1n) is 8.95. The molecule has 1 atom stereocenters. The van der Waals surface area contributed by atoms with Crippen molar-refractivity contribution in [1.82, 2.24) is 20.0 Å². The molecule has 6 nitrogen and oxygen atoms in total. The van der Waals surface area contributed by atoms with Gasteiger partial charge in [0.1, 0.15) is 0 Å². The molecular weight excluding hydrogens is 328 g/mol. The normalized spacial score (nSPS) is 18.0. The van der Waals surface area contributed by atoms with Crippen LogP contribution in [-0.2, 0) is 6.54 Å². The fourth-order valence-corrected chi connectivity index (χ4v) is 3.43. The molecule has 0 N–H and O–H groups in total. The molecule has 0 aliphatic carbocycles. The lowest BCUT2D eigenvalue weighted by Crippen LogP contribution is -2.33. The van der Waals surface area contributed by atoms with E-state index in [4.69, 9.17) is 9.26 Å². The molecular formula is C20H22N4O2. The standard InChI is InChI=1S/C20H22N4O2/c1-25-18-13-16(10-11-21-18)19-22-20(26-23-19)17-9-5-6-12-24(17)14-15-7-3-2-4-8-15/h2-4,7-8,10-11,13,17H,5-6,9,12,14H2,1H3/t17-/m1/s1. The number of nitrogens with zero attached hydrogens (tertiary/aromatic N) is 4. The first-order chi connectivity index (χ1) is 12.8. The summed E-state index contributed by atoms with van der Waals surface area (Å²) in [5.41, 5.74) is 2.15. The van der Waals surface area contributed by atoms with Gasteiger partial charge in [0.2, 0.25) is 17.6 Å². The average Bonchev–Trinajstić information content (AvgIpc) is 3.19. The van der Waals surface area contributed by atoms with Gasteiger partial charge in [0.25, 0.3) is 0 Å². The SMILES string of the molecule is COc1cc(-c2noc([C@H]3CCCCN3Cc3ccccc3)n2)ccn1. The van der Waals surface area contributed by atoms with E-state index in [-0.39, 0.29) is 6.04 Å². The second kappa shape index (κ2) is 7.66. The molecule has 4 rings (SSSR count). The van der Waals surface area contributed by atoms with Crippen molar-refractivity contribution in [2.45, 2.75) is 31.8 Å². The van der Waals surface area contributed by atoms with E-state index < -0.39 is 0 Å². The Morgan fingerprint density at radius 2 is 2.08 bits per heavy atom. The second-order valence-corrected chi connectivity index (χ2v) is 6.51. The minimum Gasteiger partial charge on any atom is -0.481 e. The van der Waals surface area contributed by atoms with E-state index in [9.17, 15) is 0 Å². The van der Waals surface area contributed by atoms with Crippen LogP contribution in [0, 0.1) is 0 Å². The Kier molecular flexibility index (Phi) is 4.93. The summed E-state index contributed by atoms with van der Waals surface area (Å²) in [5, 5.41) is 4.18. The highest BCUT2D eigenvalue weighted by molar-refractivity contribution is 5.55. The molecule has 0 bridgehead atoms. The van der Waals surface area contributed by atoms with E-state index in [1.54, 1.807) is 13.3 Å². The number of ether oxygens (including phenoxy) is 1. The van der Waals surface area contributed by atoms with E-state index in [0.29, 0.717) is 17.6 Å². The molecule has 1 fully saturated rings. The second-order valence-electron chi connectivity index (χ2n) is 6.51. The summed E-state index contributed by atoms with van der Waals surface area (Å²) in [6.07, 6.45) is 5.10. The van der Waals surface area contributed by atoms with Crippen LogP contribution in [0.1, 0.15) is 36.8 Å². The van der Waals surface area contributed by atoms with Gasteiger partial charge in [-0.1, -0.05) is 41.9 Å². The highest BCUT2D eigenvalue weighted by Crippen LogP contribution is 2.32. The largest absolute Gasteiger partial charge is 0.481 e. The van der Waals surface area contributed by atoms with Gasteiger partial charge in [-0.25, -0.2) is 4.98 Å². The van der Waals surface area contributed by atoms with Crippen molar-refractivity contribution in [2.24, 2.45) is 0 Å². The Morgan fingerprint density at radius 1 is 1.19 bits per heavy atom. The molecule has 2 aromatic heterocycles. The monoisotopic (exact) mass is 350 g/mol. The first kappa shape index (κ1) is 16.7. The Morgan fingerprint density at radius 3 is 2.92 bits per heavy atom. The predicted molar refractivity (Wildman–Crippen MR) is 97.5 cm³/mol. The molecule has 0 amide bonds. The zero-order valence-corrected chi connectivity index (χ0v) is 14.8. The van der Waals surface area contributed by atoms with Crippen LogP contribution in [0.3, 0.4) is 0 Å². The Labute approximate surface area is 152 Å². The van der Waals surface area contributed by atoms with Crippen LogP contribution in [0.4, 0.5) is 0 Å². The molecule has 6 heteroatoms. The molecule has 134 valence electrons. The smallest absolute Gasteiger partial charge is 0.244 e. The van der Waals surface area contributed by atoms with Crippen molar-refractivity contribution in [3.8, 4) is 17.3 Å². The predicted octanol–water partition coefficient (Wildman–Crippen LogP) is 3.87. The molecule has 0 radical (unpaired) electrons. The number of aromatic nitrogens is 3. The minimum absolute atomic E-state index is 0.161. The van der Waals surface area contributed by atoms with Crippen LogP contribution < -0.4 is 4.74 Å². The summed E-state index contributed by atoms with van der Waals surface area (Å²) in [5.74, 6) is 1.80. The molecule has 3 heterocycles. The maximum absolute atomic E-state index is 5.64. The quantitative estimate of drug-likeness (QED) is 0.696. The van der Waals surface area contributed by atoms with Crippen LogP contribution in [0.25, 0.3) is 11.4 Å². The highest BCUT2D eigenvalue weighted by Gasteiger charge is 2.29. The van der Waals surface area contributed by atoms with Gasteiger partial charge in [-0.05, 0) is 31.0 Å². The lowest BCUT2D eigenvalue weighted by Gasteiger charge is -2.33. The number of piperidine rings is 1. The maximum atomic E-state index is 5.64. The first-order valence-corrected chi connectivity index (χ1v) is 8.95. The fraction of sp³-hybridized carbons (Fsp3) is 0.350. The van der Waals surface area contributed by atoms with Crippen LogP contribution >= 0.6 is 0 Å². The number of methoxy groups -OCH3 is 1. The fourth-order valence-electron chi connectivity index (χ4n) is 3.43. The number of rotatable bonds is 5. The lowest BCUT2D eigenvalue weighted by molar-refractivity contribution is 0.111. The molecule has 1 aromatic carbocycles. The minimum atomic E-state index is 0.161. The van der Waals surface area contributed by atoms with Crippen molar-refractivity contribution in [2.75, 3.05) is 13.7 Å². The average molecular weight is 350 g/mol. The van der Waals surface area contributed by atoms with Crippen LogP contribution in [0.5, 0.6) is 5.88 Å². The van der Waals surface area contributed by atoms with Crippen LogP contribution in [0.2, 0.25) is 0 Å². The number of pyridine rings is 1. The van der Waals surface area contributed by atoms with Crippen LogP contribution in [0.15, 0.2) is 53.2 Å². The van der Waals surface area contributed by atoms with Crippen molar-refractivity contribution in [1.29, 1.82) is 0 Å². The molecule has 0 unspecified atom stereocenters. The third kappa shape index (κ3) is 3.60. The van der Waals surface area contributed by atoms with Crippen molar-refractivity contribution in [3.05, 3.63) is 60.1 Å². The van der Waals surface area contributed by atoms with Gasteiger partial charge < -0.3 is 9.26 Å². The van der Waals surface area contributed by atoms with Gasteiger partial charge >= 0.3 is 0 Å². The summed E-state index contributed by atoms with van der Waals surface area (Å²) >= 11 is 0. The Bertz CT molecular complexity index is 850. The Balaban J connectivity index is 1.56. The topological polar surface area (TPSA) is 64.3 Å². The summed E-state index contributed by atoms with van der Waals surface area (Å²) in [4.78, 5) is 11.2. The maximum Gasteiger partial charge on any atom is 0.244 e. The van der Waals surface area contributed by atoms with Crippen molar-refractivity contribution < 1.29 is 9.26 Å². The van der Waals surface area contributed by atoms with Gasteiger partial charge in [0.15, 0.2) is 0 Å². The molecule has 1 aliphatic rings. The molecule has 26 heavy (non-hydrogen) atoms. The van der Waals surface area contributed by atoms with Crippen molar-refractivity contribution >= 4 is 0 Å².